The van der Waals surface area contributed by atoms with Gasteiger partial charge in [0, 0.05) is 13.0 Å². The number of aliphatic hydroxyl groups excluding tert-OH is 7. The lowest BCUT2D eigenvalue weighted by atomic mass is 9.98. The van der Waals surface area contributed by atoms with Crippen LogP contribution in [-0.4, -0.2) is 142 Å². The number of rotatable bonds is 52. The molecule has 2 heterocycles. The lowest BCUT2D eigenvalue weighted by molar-refractivity contribution is -0.332. The largest absolute Gasteiger partial charge is 0.457 e. The van der Waals surface area contributed by atoms with Crippen LogP contribution in [0.25, 0.3) is 0 Å². The van der Waals surface area contributed by atoms with Gasteiger partial charge in [-0.3, -0.25) is 4.79 Å². The van der Waals surface area contributed by atoms with Crippen molar-refractivity contribution in [3.05, 3.63) is 60.8 Å². The van der Waals surface area contributed by atoms with Gasteiger partial charge in [-0.15, -0.1) is 0 Å². The lowest BCUT2D eigenvalue weighted by Crippen LogP contribution is -2.61. The summed E-state index contributed by atoms with van der Waals surface area (Å²) in [5, 5.41) is 72.5. The fourth-order valence-electron chi connectivity index (χ4n) is 9.96. The van der Waals surface area contributed by atoms with Crippen LogP contribution >= 0.6 is 0 Å². The number of carbonyl (C=O) groups excluding carboxylic acids is 1. The maximum absolute atomic E-state index is 13.1. The summed E-state index contributed by atoms with van der Waals surface area (Å²) >= 11 is 0. The lowest BCUT2D eigenvalue weighted by Gasteiger charge is -2.42. The van der Waals surface area contributed by atoms with Crippen LogP contribution < -0.4 is 0 Å². The molecule has 2 aliphatic rings. The van der Waals surface area contributed by atoms with E-state index >= 15 is 0 Å². The van der Waals surface area contributed by atoms with Crippen LogP contribution in [0, 0.1) is 0 Å². The van der Waals surface area contributed by atoms with Gasteiger partial charge in [0.2, 0.25) is 0 Å². The first-order chi connectivity index (χ1) is 38.6. The molecule has 2 aliphatic heterocycles. The Hall–Kier alpha value is -2.31. The van der Waals surface area contributed by atoms with Gasteiger partial charge in [-0.05, 0) is 57.8 Å². The molecule has 0 aromatic heterocycles. The molecule has 460 valence electrons. The zero-order valence-corrected chi connectivity index (χ0v) is 49.6. The Bertz CT molecular complexity index is 1540. The molecule has 14 nitrogen and oxygen atoms in total. The molecule has 0 aliphatic carbocycles. The minimum Gasteiger partial charge on any atom is -0.457 e. The van der Waals surface area contributed by atoms with E-state index in [4.69, 9.17) is 28.4 Å². The highest BCUT2D eigenvalue weighted by Crippen LogP contribution is 2.27. The molecule has 0 saturated carbocycles. The summed E-state index contributed by atoms with van der Waals surface area (Å²) in [7, 11) is 0. The van der Waals surface area contributed by atoms with Crippen molar-refractivity contribution in [3.63, 3.8) is 0 Å². The highest BCUT2D eigenvalue weighted by atomic mass is 16.7. The molecule has 79 heavy (non-hydrogen) atoms. The van der Waals surface area contributed by atoms with Crippen molar-refractivity contribution in [3.8, 4) is 0 Å². The summed E-state index contributed by atoms with van der Waals surface area (Å²) < 4.78 is 34.5. The number of hydrogen-bond acceptors (Lipinski definition) is 14. The summed E-state index contributed by atoms with van der Waals surface area (Å²) in [5.41, 5.74) is 0. The summed E-state index contributed by atoms with van der Waals surface area (Å²) in [6.45, 7) is 3.60. The van der Waals surface area contributed by atoms with Gasteiger partial charge in [0.05, 0.1) is 26.4 Å². The second-order valence-electron chi connectivity index (χ2n) is 22.2. The molecule has 11 unspecified atom stereocenters. The van der Waals surface area contributed by atoms with Crippen LogP contribution in [0.4, 0.5) is 0 Å². The molecule has 14 heteroatoms. The molecule has 0 spiro atoms. The number of ether oxygens (including phenoxy) is 6. The highest BCUT2D eigenvalue weighted by Gasteiger charge is 2.47. The van der Waals surface area contributed by atoms with Crippen LogP contribution in [0.15, 0.2) is 60.8 Å². The Morgan fingerprint density at radius 1 is 0.430 bits per heavy atom. The number of hydrogen-bond donors (Lipinski definition) is 7. The van der Waals surface area contributed by atoms with Gasteiger partial charge in [0.15, 0.2) is 12.6 Å². The van der Waals surface area contributed by atoms with E-state index in [1.54, 1.807) is 0 Å². The number of aliphatic hydroxyl groups is 7. The molecule has 2 fully saturated rings. The van der Waals surface area contributed by atoms with Crippen molar-refractivity contribution in [2.75, 3.05) is 33.0 Å². The van der Waals surface area contributed by atoms with E-state index in [9.17, 15) is 40.5 Å². The van der Waals surface area contributed by atoms with Crippen molar-refractivity contribution in [1.82, 2.24) is 0 Å². The van der Waals surface area contributed by atoms with Crippen molar-refractivity contribution in [1.29, 1.82) is 0 Å². The third-order valence-electron chi connectivity index (χ3n) is 15.0. The maximum atomic E-state index is 13.1. The van der Waals surface area contributed by atoms with Crippen molar-refractivity contribution in [2.24, 2.45) is 0 Å². The molecule has 0 amide bonds. The average Bonchev–Trinajstić information content (AvgIpc) is 3.46. The van der Waals surface area contributed by atoms with Crippen LogP contribution in [0.1, 0.15) is 245 Å². The number of carbonyl (C=O) groups is 1. The van der Waals surface area contributed by atoms with E-state index in [-0.39, 0.29) is 25.6 Å². The molecule has 11 atom stereocenters. The first-order valence-corrected chi connectivity index (χ1v) is 31.9. The van der Waals surface area contributed by atoms with E-state index in [0.717, 1.165) is 77.0 Å². The third-order valence-corrected chi connectivity index (χ3v) is 15.0. The fraction of sp³-hybridized carbons (Fsp3) is 0.831. The zero-order chi connectivity index (χ0) is 57.2. The van der Waals surface area contributed by atoms with Crippen LogP contribution in [-0.2, 0) is 33.2 Å². The van der Waals surface area contributed by atoms with Crippen LogP contribution in [0.2, 0.25) is 0 Å². The van der Waals surface area contributed by atoms with E-state index in [0.29, 0.717) is 13.0 Å². The van der Waals surface area contributed by atoms with Gasteiger partial charge >= 0.3 is 5.97 Å². The Morgan fingerprint density at radius 3 is 1.29 bits per heavy atom. The van der Waals surface area contributed by atoms with Gasteiger partial charge in [0.1, 0.15) is 54.9 Å². The summed E-state index contributed by atoms with van der Waals surface area (Å²) in [6.07, 6.45) is 48.5. The van der Waals surface area contributed by atoms with Crippen LogP contribution in [0.3, 0.4) is 0 Å². The van der Waals surface area contributed by atoms with E-state index in [1.165, 1.54) is 141 Å². The standard InChI is InChI=1S/C65H116O14/c1-3-5-7-9-11-13-15-17-19-21-23-25-26-27-29-31-33-35-37-39-41-43-45-47-49-74-51-54(52-75-64-63(73)61(71)59(69)56(79-64)53-76-65-62(72)60(70)58(68)55(50-66)78-65)77-57(67)48-46-44-42-40-38-36-34-32-30-28-24-22-20-18-16-14-12-10-8-6-4-2/h5,7,11,13,17,19,23,25,27,29,54-56,58-66,68-73H,3-4,6,8-10,12,14-16,18,20-22,24,26,28,30-53H2,1-2H3/b7-5-,13-11-,19-17-,25-23-,29-27-. The molecule has 0 radical (unpaired) electrons. The molecule has 0 aromatic carbocycles. The molecule has 0 aromatic rings. The third kappa shape index (κ3) is 37.5. The fourth-order valence-corrected chi connectivity index (χ4v) is 9.96. The minimum atomic E-state index is -1.71. The van der Waals surface area contributed by atoms with Gasteiger partial charge < -0.3 is 64.2 Å². The maximum Gasteiger partial charge on any atom is 0.306 e. The molecule has 2 rings (SSSR count). The minimum absolute atomic E-state index is 0.0561. The van der Waals surface area contributed by atoms with Crippen LogP contribution in [0.5, 0.6) is 0 Å². The molecular weight excluding hydrogens is 1000 g/mol. The van der Waals surface area contributed by atoms with Gasteiger partial charge in [-0.2, -0.15) is 0 Å². The summed E-state index contributed by atoms with van der Waals surface area (Å²) in [4.78, 5) is 13.1. The quantitative estimate of drug-likeness (QED) is 0.0172. The number of unbranched alkanes of at least 4 members (excludes halogenated alkanes) is 28. The predicted octanol–water partition coefficient (Wildman–Crippen LogP) is 12.4. The van der Waals surface area contributed by atoms with Crippen molar-refractivity contribution >= 4 is 5.97 Å². The monoisotopic (exact) mass is 1120 g/mol. The van der Waals surface area contributed by atoms with Crippen molar-refractivity contribution < 1.29 is 69.0 Å². The van der Waals surface area contributed by atoms with E-state index in [2.05, 4.69) is 74.6 Å². The smallest absolute Gasteiger partial charge is 0.306 e. The average molecular weight is 1120 g/mol. The van der Waals surface area contributed by atoms with Gasteiger partial charge in [-0.25, -0.2) is 0 Å². The van der Waals surface area contributed by atoms with Crippen molar-refractivity contribution in [2.45, 2.75) is 313 Å². The second-order valence-corrected chi connectivity index (χ2v) is 22.2. The summed E-state index contributed by atoms with van der Waals surface area (Å²) in [5.74, 6) is -0.376. The molecule has 2 saturated heterocycles. The Kier molecular flexibility index (Phi) is 47.3. The first kappa shape index (κ1) is 72.8. The summed E-state index contributed by atoms with van der Waals surface area (Å²) in [6, 6.07) is 0. The van der Waals surface area contributed by atoms with Gasteiger partial charge in [-0.1, -0.05) is 242 Å². The highest BCUT2D eigenvalue weighted by molar-refractivity contribution is 5.69. The topological polar surface area (TPSA) is 214 Å². The zero-order valence-electron chi connectivity index (χ0n) is 49.6. The molecule has 7 N–H and O–H groups in total. The molecular formula is C65H116O14. The van der Waals surface area contributed by atoms with E-state index < -0.39 is 80.7 Å². The normalized spacial score (nSPS) is 24.4. The van der Waals surface area contributed by atoms with E-state index in [1.807, 2.05) is 0 Å². The molecule has 0 bridgehead atoms. The predicted molar refractivity (Wildman–Crippen MR) is 316 cm³/mol. The SMILES string of the molecule is CC/C=C\C/C=C\C/C=C\C/C=C\C/C=C\CCCCCCCCCCOCC(COC1OC(COC2OC(CO)C(O)C(O)C2O)C(O)C(O)C1O)OC(=O)CCCCCCCCCCCCCCCCCCCCCCC. The first-order valence-electron chi connectivity index (χ1n) is 31.9. The Morgan fingerprint density at radius 2 is 0.823 bits per heavy atom. The second kappa shape index (κ2) is 51.3. The number of allylic oxidation sites excluding steroid dienone is 10. The Balaban J connectivity index is 1.68. The van der Waals surface area contributed by atoms with Gasteiger partial charge in [0.25, 0.3) is 0 Å². The number of esters is 1. The Labute approximate surface area is 479 Å².